The number of furan rings is 1. The Morgan fingerprint density at radius 1 is 1.31 bits per heavy atom. The van der Waals surface area contributed by atoms with Gasteiger partial charge in [0.25, 0.3) is 0 Å². The molecule has 0 aliphatic carbocycles. The summed E-state index contributed by atoms with van der Waals surface area (Å²) in [7, 11) is 1.29. The van der Waals surface area contributed by atoms with E-state index in [1.807, 2.05) is 30.3 Å². The number of esters is 2. The number of hydrogen-bond acceptors (Lipinski definition) is 7. The lowest BCUT2D eigenvalue weighted by Crippen LogP contribution is -2.46. The molecule has 0 radical (unpaired) electrons. The molecule has 2 aliphatic rings. The van der Waals surface area contributed by atoms with E-state index in [1.54, 1.807) is 23.6 Å². The van der Waals surface area contributed by atoms with Crippen LogP contribution in [-0.4, -0.2) is 41.7 Å². The van der Waals surface area contributed by atoms with Gasteiger partial charge in [0.2, 0.25) is 5.91 Å². The van der Waals surface area contributed by atoms with E-state index in [1.165, 1.54) is 13.2 Å². The summed E-state index contributed by atoms with van der Waals surface area (Å²) in [5.74, 6) is 0.207. The van der Waals surface area contributed by atoms with Gasteiger partial charge in [-0.05, 0) is 25.0 Å². The molecule has 0 spiro atoms. The van der Waals surface area contributed by atoms with Crippen LogP contribution in [0.1, 0.15) is 40.3 Å². The fourth-order valence-electron chi connectivity index (χ4n) is 3.98. The monoisotopic (exact) mass is 415 g/mol. The first-order chi connectivity index (χ1) is 14.0. The Bertz CT molecular complexity index is 955. The van der Waals surface area contributed by atoms with Gasteiger partial charge in [0, 0.05) is 12.2 Å². The largest absolute Gasteiger partial charge is 0.465 e. The van der Waals surface area contributed by atoms with Crippen molar-refractivity contribution < 1.29 is 28.3 Å². The summed E-state index contributed by atoms with van der Waals surface area (Å²) < 4.78 is 15.6. The Labute approximate surface area is 172 Å². The van der Waals surface area contributed by atoms with Crippen molar-refractivity contribution in [3.8, 4) is 0 Å². The summed E-state index contributed by atoms with van der Waals surface area (Å²) in [5.41, 5.74) is 1.32. The van der Waals surface area contributed by atoms with Gasteiger partial charge < -0.3 is 18.8 Å². The highest BCUT2D eigenvalue weighted by atomic mass is 32.2. The predicted octanol–water partition coefficient (Wildman–Crippen LogP) is 3.01. The minimum atomic E-state index is -0.647. The number of rotatable bonds is 5. The van der Waals surface area contributed by atoms with Crippen LogP contribution in [0, 0.1) is 6.92 Å². The molecule has 4 rings (SSSR count). The average Bonchev–Trinajstić information content (AvgIpc) is 3.40. The van der Waals surface area contributed by atoms with Crippen molar-refractivity contribution in [1.29, 1.82) is 0 Å². The summed E-state index contributed by atoms with van der Waals surface area (Å²) in [5, 5.41) is 0. The maximum Gasteiger partial charge on any atom is 0.341 e. The lowest BCUT2D eigenvalue weighted by Gasteiger charge is -2.33. The highest BCUT2D eigenvalue weighted by Gasteiger charge is 2.57. The molecule has 0 saturated carbocycles. The fourth-order valence-corrected chi connectivity index (χ4v) is 5.62. The van der Waals surface area contributed by atoms with E-state index >= 15 is 0 Å². The van der Waals surface area contributed by atoms with Crippen LogP contribution in [0.25, 0.3) is 0 Å². The quantitative estimate of drug-likeness (QED) is 0.694. The van der Waals surface area contributed by atoms with E-state index < -0.39 is 22.9 Å². The lowest BCUT2D eigenvalue weighted by molar-refractivity contribution is -0.155. The second-order valence-electron chi connectivity index (χ2n) is 7.02. The van der Waals surface area contributed by atoms with Gasteiger partial charge in [0.05, 0.1) is 7.11 Å². The predicted molar refractivity (Wildman–Crippen MR) is 105 cm³/mol. The Morgan fingerprint density at radius 2 is 2.07 bits per heavy atom. The number of methoxy groups -OCH3 is 1. The van der Waals surface area contributed by atoms with Crippen molar-refractivity contribution in [1.82, 2.24) is 4.90 Å². The van der Waals surface area contributed by atoms with Gasteiger partial charge in [0.1, 0.15) is 34.6 Å². The Morgan fingerprint density at radius 3 is 2.79 bits per heavy atom. The number of hydrogen-bond donors (Lipinski definition) is 0. The van der Waals surface area contributed by atoms with Crippen LogP contribution in [0.3, 0.4) is 0 Å². The molecule has 29 heavy (non-hydrogen) atoms. The first kappa shape index (κ1) is 19.6. The lowest BCUT2D eigenvalue weighted by atomic mass is 10.0. The third kappa shape index (κ3) is 3.31. The Kier molecular flexibility index (Phi) is 5.12. The summed E-state index contributed by atoms with van der Waals surface area (Å²) in [6, 6.07) is 10.7. The molecule has 0 bridgehead atoms. The number of aryl methyl sites for hydroxylation is 1. The van der Waals surface area contributed by atoms with Crippen LogP contribution in [0.5, 0.6) is 0 Å². The summed E-state index contributed by atoms with van der Waals surface area (Å²) in [6.45, 7) is 1.53. The zero-order valence-corrected chi connectivity index (χ0v) is 17.0. The Balaban J connectivity index is 1.49. The zero-order chi connectivity index (χ0) is 20.6. The maximum atomic E-state index is 12.8. The molecule has 3 heterocycles. The van der Waals surface area contributed by atoms with Crippen LogP contribution >= 0.6 is 11.8 Å². The van der Waals surface area contributed by atoms with Crippen molar-refractivity contribution >= 4 is 29.6 Å². The molecule has 2 fully saturated rings. The SMILES string of the molecule is COC(=O)c1cc(COC(=O)[C@H]2CS[C@]3(c4ccccc4)CCC(=O)N23)oc1C. The molecule has 1 amide bonds. The highest BCUT2D eigenvalue weighted by Crippen LogP contribution is 2.54. The molecule has 152 valence electrons. The van der Waals surface area contributed by atoms with Crippen LogP contribution in [0.4, 0.5) is 0 Å². The number of fused-ring (bicyclic) bond motifs is 1. The van der Waals surface area contributed by atoms with Crippen LogP contribution in [-0.2, 0) is 30.5 Å². The average molecular weight is 415 g/mol. The van der Waals surface area contributed by atoms with E-state index in [0.29, 0.717) is 35.7 Å². The first-order valence-electron chi connectivity index (χ1n) is 9.32. The molecule has 2 atom stereocenters. The number of thioether (sulfide) groups is 1. The van der Waals surface area contributed by atoms with Gasteiger partial charge in [-0.2, -0.15) is 0 Å². The normalized spacial score (nSPS) is 23.2. The molecule has 2 aromatic rings. The molecule has 0 unspecified atom stereocenters. The molecule has 8 heteroatoms. The second kappa shape index (κ2) is 7.59. The number of benzene rings is 1. The molecule has 7 nitrogen and oxygen atoms in total. The summed E-state index contributed by atoms with van der Waals surface area (Å²) in [4.78, 5) is 38.3. The number of carbonyl (C=O) groups is 3. The first-order valence-corrected chi connectivity index (χ1v) is 10.3. The van der Waals surface area contributed by atoms with Crippen molar-refractivity contribution in [3.05, 3.63) is 59.0 Å². The third-order valence-electron chi connectivity index (χ3n) is 5.35. The molecular weight excluding hydrogens is 394 g/mol. The molecule has 1 aromatic carbocycles. The number of nitrogens with zero attached hydrogens (tertiary/aromatic N) is 1. The van der Waals surface area contributed by atoms with Crippen LogP contribution in [0.15, 0.2) is 40.8 Å². The van der Waals surface area contributed by atoms with Crippen LogP contribution in [0.2, 0.25) is 0 Å². The fraction of sp³-hybridized carbons (Fsp3) is 0.381. The number of ether oxygens (including phenoxy) is 2. The standard InChI is InChI=1S/C21H21NO6S/c1-13-16(19(24)26-2)10-15(28-13)11-27-20(25)17-12-29-21(9-8-18(23)22(17)21)14-6-4-3-5-7-14/h3-7,10,17H,8-9,11-12H2,1-2H3/t17-,21+/m1/s1. The van der Waals surface area contributed by atoms with Crippen molar-refractivity contribution in [2.24, 2.45) is 0 Å². The smallest absolute Gasteiger partial charge is 0.341 e. The second-order valence-corrected chi connectivity index (χ2v) is 8.32. The third-order valence-corrected chi connectivity index (χ3v) is 6.95. The van der Waals surface area contributed by atoms with E-state index in [-0.39, 0.29) is 12.5 Å². The van der Waals surface area contributed by atoms with E-state index in [2.05, 4.69) is 0 Å². The van der Waals surface area contributed by atoms with Crippen molar-refractivity contribution in [2.75, 3.05) is 12.9 Å². The van der Waals surface area contributed by atoms with Crippen molar-refractivity contribution in [2.45, 2.75) is 37.3 Å². The van der Waals surface area contributed by atoms with Gasteiger partial charge in [-0.3, -0.25) is 4.79 Å². The molecule has 2 saturated heterocycles. The Hall–Kier alpha value is -2.74. The number of carbonyl (C=O) groups excluding carboxylic acids is 3. The molecule has 2 aliphatic heterocycles. The van der Waals surface area contributed by atoms with Gasteiger partial charge >= 0.3 is 11.9 Å². The molecule has 0 N–H and O–H groups in total. The van der Waals surface area contributed by atoms with Gasteiger partial charge in [-0.15, -0.1) is 11.8 Å². The summed E-state index contributed by atoms with van der Waals surface area (Å²) >= 11 is 1.61. The van der Waals surface area contributed by atoms with E-state index in [0.717, 1.165) is 5.56 Å². The number of amides is 1. The van der Waals surface area contributed by atoms with E-state index in [9.17, 15) is 14.4 Å². The van der Waals surface area contributed by atoms with E-state index in [4.69, 9.17) is 13.9 Å². The molecule has 1 aromatic heterocycles. The minimum absolute atomic E-state index is 0.0392. The summed E-state index contributed by atoms with van der Waals surface area (Å²) in [6.07, 6.45) is 1.08. The van der Waals surface area contributed by atoms with Gasteiger partial charge in [0.15, 0.2) is 0 Å². The van der Waals surface area contributed by atoms with Crippen molar-refractivity contribution in [3.63, 3.8) is 0 Å². The minimum Gasteiger partial charge on any atom is -0.465 e. The molecular formula is C21H21NO6S. The highest BCUT2D eigenvalue weighted by molar-refractivity contribution is 8.00. The maximum absolute atomic E-state index is 12.8. The topological polar surface area (TPSA) is 86.0 Å². The zero-order valence-electron chi connectivity index (χ0n) is 16.2. The van der Waals surface area contributed by atoms with Crippen LogP contribution < -0.4 is 0 Å². The van der Waals surface area contributed by atoms with Gasteiger partial charge in [-0.25, -0.2) is 9.59 Å². The van der Waals surface area contributed by atoms with Gasteiger partial charge in [-0.1, -0.05) is 30.3 Å².